The quantitative estimate of drug-likeness (QED) is 0.00340. The standard InChI is InChI=1S/C24H28Cl3N5O3.C15H8Cl3N3O4.C9H6ClN3O3.C9H7ClN2O.C9H22N2.C7H7NO2.C6H3Cl3O.CH2O3.CH3O.2K.HNO3.Na.H2O4S.H/c1-4-31(5-2)10-6-7-15(3)28-24-18-13-17(32(33)34)8-9-21(18)29-22(30-24)14-35-23-19(26)11-16(25)12-20(23)27;16-7-3-10(17)14(11(18)4-7)25-6-13-19-12-2-1-8(21(23)24)5-9(12)15(22)20-13;10-4-8-11-7-2-1-5(13(15)16)3-6(7)9(14)12-8;10-5-8-11-7-4-2-1-3-6(7)9(13)12-8;1-4-11(5-2)8-6-7-9(3)10;8-6-4-2-1-3-5(6)7(9)10;7-3-1-4(8)6(10)5(9)2-3;2-1-4-3;1-2;;;2-1(3)4;;1-5(2,3)4;/h8-9,11-13,15H,4-7,10,14H2,1-3H3,(H,28,29,30);1-5H,6H2,(H,19,20,22);1-3H,4H2,(H,11,12,14);1-4H,5H2,(H,11,12,13);9H,4-8,10H2,1-3H3;1-4H,8H2,(H,9,10);1-2,10H;1,3H;1H3;;;(H,2,3,4);;(H2,1,2,3,4);/q;;;;;;;;-1;2*+1;;+1;;-1/p-1. The number of benzene rings is 8. The van der Waals surface area contributed by atoms with Crippen LogP contribution in [0.2, 0.25) is 45.2 Å². The van der Waals surface area contributed by atoms with Crippen molar-refractivity contribution in [2.75, 3.05) is 57.4 Å². The molecule has 57 heteroatoms. The Labute approximate surface area is 951 Å². The number of rotatable bonds is 27. The van der Waals surface area contributed by atoms with Crippen molar-refractivity contribution in [3.63, 3.8) is 0 Å². The molecule has 0 aliphatic heterocycles. The average molecular weight is 2220 g/mol. The van der Waals surface area contributed by atoms with Crippen LogP contribution in [0, 0.1) is 40.5 Å². The molecule has 0 spiro atoms. The summed E-state index contributed by atoms with van der Waals surface area (Å²) in [5, 5.41) is 87.8. The number of anilines is 2. The third-order valence-electron chi connectivity index (χ3n) is 17.0. The van der Waals surface area contributed by atoms with Crippen LogP contribution in [0.25, 0.3) is 43.6 Å². The summed E-state index contributed by atoms with van der Waals surface area (Å²) in [5.41, 5.74) is 12.0. The van der Waals surface area contributed by atoms with E-state index in [2.05, 4.69) is 101 Å². The number of non-ortho nitro benzene ring substituents is 3. The molecule has 0 bridgehead atoms. The molecule has 0 aliphatic rings. The summed E-state index contributed by atoms with van der Waals surface area (Å²) in [6.45, 7) is 19.1. The Bertz CT molecular complexity index is 6190. The molecule has 0 radical (unpaired) electrons. The number of carboxylic acid groups (broad SMARTS) is 1. The first-order chi connectivity index (χ1) is 63.7. The Morgan fingerprint density at radius 1 is 0.543 bits per heavy atom. The fourth-order valence-electron chi connectivity index (χ4n) is 10.8. The number of nitrogen functional groups attached to an aromatic ring is 1. The number of carbonyl (C=O) groups excluding carboxylic acids is 1. The monoisotopic (exact) mass is 2220 g/mol. The maximum Gasteiger partial charge on any atom is 1.00 e. The largest absolute Gasteiger partial charge is 1.00 e. The minimum Gasteiger partial charge on any atom is -1.00 e. The predicted molar refractivity (Wildman–Crippen MR) is 516 cm³/mol. The van der Waals surface area contributed by atoms with Crippen LogP contribution in [-0.2, 0) is 45.1 Å². The van der Waals surface area contributed by atoms with Crippen molar-refractivity contribution < 1.29 is 221 Å². The molecule has 12 aromatic rings. The number of phenols is 1. The van der Waals surface area contributed by atoms with E-state index < -0.39 is 47.3 Å². The molecule has 0 fully saturated rings. The molecule has 8 aromatic carbocycles. The molecule has 734 valence electrons. The second-order valence-corrected chi connectivity index (χ2v) is 31.7. The van der Waals surface area contributed by atoms with Crippen LogP contribution in [0.4, 0.5) is 28.6 Å². The third-order valence-corrected chi connectivity index (χ3v) is 19.9. The fourth-order valence-corrected chi connectivity index (χ4v) is 13.8. The van der Waals surface area contributed by atoms with Crippen molar-refractivity contribution in [3.8, 4) is 17.2 Å². The smallest absolute Gasteiger partial charge is 1.00 e. The van der Waals surface area contributed by atoms with Crippen molar-refractivity contribution in [2.24, 2.45) is 5.73 Å². The van der Waals surface area contributed by atoms with E-state index >= 15 is 0 Å². The molecule has 4 heterocycles. The molecule has 42 nitrogen and oxygen atoms in total. The molecular formula is C81H89Cl11K2N17NaO25S. The molecule has 2 atom stereocenters. The van der Waals surface area contributed by atoms with E-state index in [4.69, 9.17) is 207 Å². The number of alkyl halides is 2. The summed E-state index contributed by atoms with van der Waals surface area (Å²) in [6.07, 6.45) is 4.32. The Morgan fingerprint density at radius 3 is 1.24 bits per heavy atom. The molecular weight excluding hydrogens is 2130 g/mol. The van der Waals surface area contributed by atoms with Crippen LogP contribution in [0.15, 0.2) is 154 Å². The Balaban J connectivity index is -0.00000157. The zero-order chi connectivity index (χ0) is 102. The topological polar surface area (TPSA) is 649 Å². The summed E-state index contributed by atoms with van der Waals surface area (Å²) in [4.78, 5) is 130. The predicted octanol–water partition coefficient (Wildman–Crippen LogP) is 7.91. The van der Waals surface area contributed by atoms with Gasteiger partial charge in [0.25, 0.3) is 45.3 Å². The number of nitrogens with one attached hydrogen (secondary N) is 4. The number of aromatic nitrogens is 8. The molecule has 0 saturated carbocycles. The van der Waals surface area contributed by atoms with Gasteiger partial charge in [-0.05, 0) is 158 Å². The maximum absolute atomic E-state index is 12.1. The number of phenolic OH excluding ortho intramolecular Hbond substituents is 1. The van der Waals surface area contributed by atoms with Crippen LogP contribution >= 0.6 is 128 Å². The van der Waals surface area contributed by atoms with Gasteiger partial charge in [0.2, 0.25) is 0 Å². The molecule has 12 rings (SSSR count). The number of carbonyl (C=O) groups is 2. The zero-order valence-electron chi connectivity index (χ0n) is 76.0. The van der Waals surface area contributed by atoms with E-state index in [-0.39, 0.29) is 263 Å². The third kappa shape index (κ3) is 50.3. The minimum atomic E-state index is -4.67. The Morgan fingerprint density at radius 2 is 0.877 bits per heavy atom. The number of aromatic hydroxyl groups is 1. The summed E-state index contributed by atoms with van der Waals surface area (Å²) in [5.74, 6) is 1.64. The van der Waals surface area contributed by atoms with Gasteiger partial charge >= 0.3 is 149 Å². The first kappa shape index (κ1) is 133. The van der Waals surface area contributed by atoms with Crippen molar-refractivity contribution in [1.82, 2.24) is 49.7 Å². The molecule has 0 aliphatic carbocycles. The van der Waals surface area contributed by atoms with Gasteiger partial charge < -0.3 is 83.1 Å². The zero-order valence-corrected chi connectivity index (χ0v) is 92.3. The summed E-state index contributed by atoms with van der Waals surface area (Å²) in [6, 6.07) is 35.1. The van der Waals surface area contributed by atoms with Crippen molar-refractivity contribution >= 4 is 223 Å². The van der Waals surface area contributed by atoms with Gasteiger partial charge in [0.05, 0.1) is 100 Å². The van der Waals surface area contributed by atoms with E-state index in [1.54, 1.807) is 42.5 Å². The number of nitro groups is 3. The van der Waals surface area contributed by atoms with Gasteiger partial charge in [-0.1, -0.05) is 156 Å². The number of halogens is 11. The number of H-pyrrole nitrogens is 3. The van der Waals surface area contributed by atoms with E-state index in [0.29, 0.717) is 82.9 Å². The van der Waals surface area contributed by atoms with Gasteiger partial charge in [-0.15, -0.1) is 33.3 Å². The maximum atomic E-state index is 12.1. The van der Waals surface area contributed by atoms with Gasteiger partial charge in [-0.25, -0.2) is 29.7 Å². The van der Waals surface area contributed by atoms with Crippen molar-refractivity contribution in [2.45, 2.75) is 104 Å². The van der Waals surface area contributed by atoms with E-state index in [1.807, 2.05) is 6.07 Å². The van der Waals surface area contributed by atoms with Gasteiger partial charge in [-0.2, -0.15) is 15.5 Å². The number of ether oxygens (including phenoxy) is 2. The van der Waals surface area contributed by atoms with Crippen LogP contribution < -0.4 is 186 Å². The number of nitrogens with two attached hydrogens (primary N) is 2. The first-order valence-corrected chi connectivity index (χ1v) is 44.5. The first-order valence-electron chi connectivity index (χ1n) is 38.7. The van der Waals surface area contributed by atoms with Gasteiger partial charge in [0.1, 0.15) is 36.5 Å². The molecule has 2 unspecified atom stereocenters. The number of nitro benzene ring substituents is 3. The number of hydrogen-bond acceptors (Lipinski definition) is 31. The Kier molecular flexibility index (Phi) is 68.1. The second kappa shape index (κ2) is 70.6. The number of aromatic amines is 3. The average Bonchev–Trinajstić information content (AvgIpc) is 0.786. The Hall–Kier alpha value is -7.01. The number of hydrogen-bond donors (Lipinski definition) is 11. The van der Waals surface area contributed by atoms with Gasteiger partial charge in [0.15, 0.2) is 23.1 Å². The van der Waals surface area contributed by atoms with E-state index in [1.165, 1.54) is 104 Å². The fraction of sp³-hybridized carbons (Fsp3) is 0.284. The van der Waals surface area contributed by atoms with E-state index in [9.17, 15) is 49.5 Å². The number of para-hydroxylation sites is 2. The normalized spacial score (nSPS) is 10.6. The molecule has 0 amide bonds. The van der Waals surface area contributed by atoms with Crippen molar-refractivity contribution in [3.05, 3.63) is 285 Å². The van der Waals surface area contributed by atoms with Gasteiger partial charge in [-0.3, -0.25) is 58.6 Å². The van der Waals surface area contributed by atoms with Crippen LogP contribution in [0.3, 0.4) is 0 Å². The number of nitrogens with zero attached hydrogens (tertiary/aromatic N) is 11. The molecule has 13 N–H and O–H groups in total. The van der Waals surface area contributed by atoms with Crippen LogP contribution in [0.5, 0.6) is 17.2 Å². The summed E-state index contributed by atoms with van der Waals surface area (Å²) in [7, 11) is -3.92. The van der Waals surface area contributed by atoms with Crippen molar-refractivity contribution in [1.29, 1.82) is 0 Å². The van der Waals surface area contributed by atoms with Crippen LogP contribution in [0.1, 0.15) is 102 Å². The molecule has 138 heavy (non-hydrogen) atoms. The molecule has 0 saturated heterocycles. The summed E-state index contributed by atoms with van der Waals surface area (Å²) < 4.78 is 42.9. The number of fused-ring (bicyclic) bond motifs is 4. The minimum absolute atomic E-state index is 0. The van der Waals surface area contributed by atoms with Crippen LogP contribution in [-0.4, -0.2) is 173 Å². The molecule has 4 aromatic heterocycles. The second-order valence-electron chi connectivity index (χ2n) is 26.5. The van der Waals surface area contributed by atoms with E-state index in [0.717, 1.165) is 59.1 Å². The number of carboxylic acids is 1. The SMILES string of the molecule is CCN(CC)CCCC(C)N.CCN(CC)CCCC(C)Nc1nc(COc2c(Cl)cc(Cl)cc2Cl)nc2ccc([N+](=O)[O-])cc12.C[O-].Nc1ccccc1C(=O)O.O=CO[O-].O=S(=O)(O)O.O=[N+]([O-])O.O=c1[nH]c(CCl)nc2ccc([N+](=O)[O-])cc12.O=c1[nH]c(CCl)nc2ccccc12.O=c1[nH]c(COc2c(Cl)cc(Cl)cc2Cl)nc2ccc([N+](=O)[O-])cc12.Oc1c(Cl)cc(Cl)cc1Cl.[H-].[K+].[K+].[Na+]. The van der Waals surface area contributed by atoms with Gasteiger partial charge in [0, 0.05) is 74.6 Å². The number of aromatic carboxylic acids is 1. The summed E-state index contributed by atoms with van der Waals surface area (Å²) >= 11 is 63.9.